The number of aromatic nitrogens is 1. The van der Waals surface area contributed by atoms with Gasteiger partial charge in [-0.25, -0.2) is 0 Å². The summed E-state index contributed by atoms with van der Waals surface area (Å²) in [6.07, 6.45) is 4.56. The average molecular weight is 472 g/mol. The highest BCUT2D eigenvalue weighted by Gasteiger charge is 2.42. The zero-order valence-electron chi connectivity index (χ0n) is 19.2. The first kappa shape index (κ1) is 22.4. The molecule has 2 aliphatic rings. The molecule has 1 unspecified atom stereocenters. The van der Waals surface area contributed by atoms with Crippen molar-refractivity contribution in [3.05, 3.63) is 106 Å². The third-order valence-electron chi connectivity index (χ3n) is 6.40. The Labute approximate surface area is 204 Å². The number of ketones is 1. The Morgan fingerprint density at radius 1 is 1.12 bits per heavy atom. The van der Waals surface area contributed by atoms with E-state index in [1.54, 1.807) is 29.4 Å². The number of anilines is 1. The summed E-state index contributed by atoms with van der Waals surface area (Å²) in [5.41, 5.74) is 4.67. The molecule has 0 saturated carbocycles. The molecule has 1 N–H and O–H groups in total. The van der Waals surface area contributed by atoms with E-state index in [1.165, 1.54) is 0 Å². The number of fused-ring (bicyclic) bond motifs is 1. The maximum atomic E-state index is 14.0. The minimum atomic E-state index is -0.566. The lowest BCUT2D eigenvalue weighted by molar-refractivity contribution is -0.118. The molecule has 0 saturated heterocycles. The van der Waals surface area contributed by atoms with Gasteiger partial charge < -0.3 is 5.32 Å². The summed E-state index contributed by atoms with van der Waals surface area (Å²) < 4.78 is 0. The fraction of sp³-hybridized carbons (Fsp3) is 0.250. The topological polar surface area (TPSA) is 62.3 Å². The summed E-state index contributed by atoms with van der Waals surface area (Å²) in [4.78, 5) is 33.7. The molecule has 5 nitrogen and oxygen atoms in total. The molecule has 6 heteroatoms. The maximum Gasteiger partial charge on any atom is 0.232 e. The molecule has 0 fully saturated rings. The van der Waals surface area contributed by atoms with Crippen molar-refractivity contribution >= 4 is 29.0 Å². The van der Waals surface area contributed by atoms with E-state index in [0.29, 0.717) is 23.4 Å². The number of benzene rings is 2. The van der Waals surface area contributed by atoms with Crippen LogP contribution < -0.4 is 10.2 Å². The van der Waals surface area contributed by atoms with Gasteiger partial charge in [-0.3, -0.25) is 19.5 Å². The highest BCUT2D eigenvalue weighted by Crippen LogP contribution is 2.43. The van der Waals surface area contributed by atoms with Crippen LogP contribution in [0.25, 0.3) is 0 Å². The average Bonchev–Trinajstić information content (AvgIpc) is 2.94. The van der Waals surface area contributed by atoms with Crippen LogP contribution >= 0.6 is 11.6 Å². The molecule has 172 valence electrons. The highest BCUT2D eigenvalue weighted by molar-refractivity contribution is 6.30. The van der Waals surface area contributed by atoms with Crippen molar-refractivity contribution in [2.24, 2.45) is 0 Å². The van der Waals surface area contributed by atoms with Crippen molar-refractivity contribution < 1.29 is 9.59 Å². The van der Waals surface area contributed by atoms with Crippen LogP contribution in [0.5, 0.6) is 0 Å². The van der Waals surface area contributed by atoms with E-state index in [-0.39, 0.29) is 23.7 Å². The number of hydrogen-bond donors (Lipinski definition) is 1. The molecule has 34 heavy (non-hydrogen) atoms. The van der Waals surface area contributed by atoms with Crippen molar-refractivity contribution in [1.82, 2.24) is 10.3 Å². The molecule has 0 spiro atoms. The number of para-hydroxylation sites is 1. The van der Waals surface area contributed by atoms with Crippen LogP contribution in [-0.2, 0) is 22.4 Å². The van der Waals surface area contributed by atoms with Gasteiger partial charge in [-0.05, 0) is 54.8 Å². The minimum Gasteiger partial charge on any atom is -0.382 e. The van der Waals surface area contributed by atoms with Crippen LogP contribution in [0, 0.1) is 0 Å². The molecule has 3 heterocycles. The van der Waals surface area contributed by atoms with Gasteiger partial charge in [0.05, 0.1) is 12.5 Å². The molecule has 1 aromatic heterocycles. The van der Waals surface area contributed by atoms with Gasteiger partial charge in [0.25, 0.3) is 0 Å². The first-order valence-corrected chi connectivity index (χ1v) is 11.8. The van der Waals surface area contributed by atoms with E-state index in [2.05, 4.69) is 10.3 Å². The third-order valence-corrected chi connectivity index (χ3v) is 6.66. The number of halogens is 1. The van der Waals surface area contributed by atoms with Crippen molar-refractivity contribution in [3.8, 4) is 0 Å². The fourth-order valence-corrected chi connectivity index (χ4v) is 5.12. The van der Waals surface area contributed by atoms with Crippen LogP contribution in [0.1, 0.15) is 43.0 Å². The van der Waals surface area contributed by atoms with Crippen LogP contribution in [0.15, 0.2) is 84.3 Å². The van der Waals surface area contributed by atoms with E-state index >= 15 is 0 Å². The standard InChI is InChI=1S/C28H26ClN3O2/c1-28(2)16-24(33)26-22(31-28)15-19-6-3-4-8-23(19)32(27(26)20-7-5-13-30-17-20)25(34)14-18-9-11-21(29)12-10-18/h3-13,17,27,31H,14-16H2,1-2H3. The summed E-state index contributed by atoms with van der Waals surface area (Å²) in [5.74, 6) is -0.0280. The molecular formula is C28H26ClN3O2. The van der Waals surface area contributed by atoms with Gasteiger partial charge in [0, 0.05) is 52.8 Å². The largest absolute Gasteiger partial charge is 0.382 e. The molecule has 5 rings (SSSR count). The minimum absolute atomic E-state index is 0.0599. The summed E-state index contributed by atoms with van der Waals surface area (Å²) in [7, 11) is 0. The lowest BCUT2D eigenvalue weighted by Crippen LogP contribution is -2.48. The van der Waals surface area contributed by atoms with Crippen LogP contribution in [-0.4, -0.2) is 22.2 Å². The lowest BCUT2D eigenvalue weighted by atomic mass is 9.82. The van der Waals surface area contributed by atoms with Crippen LogP contribution in [0.3, 0.4) is 0 Å². The number of rotatable bonds is 3. The molecule has 0 bridgehead atoms. The fourth-order valence-electron chi connectivity index (χ4n) is 4.99. The van der Waals surface area contributed by atoms with Gasteiger partial charge in [0.1, 0.15) is 0 Å². The van der Waals surface area contributed by atoms with Crippen molar-refractivity contribution in [3.63, 3.8) is 0 Å². The molecule has 0 aliphatic carbocycles. The summed E-state index contributed by atoms with van der Waals surface area (Å²) >= 11 is 6.05. The second-order valence-electron chi connectivity index (χ2n) is 9.56. The smallest absolute Gasteiger partial charge is 0.232 e. The normalized spacial score (nSPS) is 19.1. The van der Waals surface area contributed by atoms with Crippen LogP contribution in [0.2, 0.25) is 5.02 Å². The number of pyridine rings is 1. The molecular weight excluding hydrogens is 446 g/mol. The summed E-state index contributed by atoms with van der Waals surface area (Å²) in [5, 5.41) is 4.23. The van der Waals surface area contributed by atoms with E-state index in [4.69, 9.17) is 11.6 Å². The van der Waals surface area contributed by atoms with Crippen molar-refractivity contribution in [2.75, 3.05) is 4.90 Å². The first-order chi connectivity index (χ1) is 16.3. The number of nitrogens with one attached hydrogen (secondary N) is 1. The molecule has 1 amide bonds. The van der Waals surface area contributed by atoms with Gasteiger partial charge in [-0.15, -0.1) is 0 Å². The monoisotopic (exact) mass is 471 g/mol. The summed E-state index contributed by atoms with van der Waals surface area (Å²) in [6, 6.07) is 18.4. The zero-order chi connectivity index (χ0) is 23.9. The number of hydrogen-bond acceptors (Lipinski definition) is 4. The summed E-state index contributed by atoms with van der Waals surface area (Å²) in [6.45, 7) is 4.07. The van der Waals surface area contributed by atoms with Gasteiger partial charge in [0.15, 0.2) is 5.78 Å². The Kier molecular flexibility index (Phi) is 5.74. The number of allylic oxidation sites excluding steroid dienone is 1. The predicted octanol–water partition coefficient (Wildman–Crippen LogP) is 5.20. The Hall–Kier alpha value is -3.44. The molecule has 3 aromatic rings. The number of carbonyl (C=O) groups is 2. The van der Waals surface area contributed by atoms with Crippen LogP contribution in [0.4, 0.5) is 5.69 Å². The Morgan fingerprint density at radius 3 is 2.62 bits per heavy atom. The Balaban J connectivity index is 1.70. The third kappa shape index (κ3) is 4.24. The maximum absolute atomic E-state index is 14.0. The Morgan fingerprint density at radius 2 is 1.88 bits per heavy atom. The predicted molar refractivity (Wildman–Crippen MR) is 134 cm³/mol. The van der Waals surface area contributed by atoms with Crippen molar-refractivity contribution in [1.29, 1.82) is 0 Å². The van der Waals surface area contributed by atoms with E-state index in [1.807, 2.05) is 62.4 Å². The first-order valence-electron chi connectivity index (χ1n) is 11.4. The van der Waals surface area contributed by atoms with Gasteiger partial charge >= 0.3 is 0 Å². The van der Waals surface area contributed by atoms with Gasteiger partial charge in [-0.2, -0.15) is 0 Å². The van der Waals surface area contributed by atoms with E-state index < -0.39 is 6.04 Å². The number of amides is 1. The number of nitrogens with zero attached hydrogens (tertiary/aromatic N) is 2. The molecule has 2 aliphatic heterocycles. The number of carbonyl (C=O) groups excluding carboxylic acids is 2. The molecule has 1 atom stereocenters. The Bertz CT molecular complexity index is 1280. The second-order valence-corrected chi connectivity index (χ2v) is 10.00. The number of Topliss-reactive ketones (excluding diaryl/α,β-unsaturated/α-hetero) is 1. The SMILES string of the molecule is CC1(C)CC(=O)C2=C(Cc3ccccc3N(C(=O)Cc3ccc(Cl)cc3)C2c2cccnc2)N1. The highest BCUT2D eigenvalue weighted by atomic mass is 35.5. The second kappa shape index (κ2) is 8.73. The zero-order valence-corrected chi connectivity index (χ0v) is 20.0. The lowest BCUT2D eigenvalue weighted by Gasteiger charge is -2.38. The van der Waals surface area contributed by atoms with E-state index in [0.717, 1.165) is 28.1 Å². The molecule has 2 aromatic carbocycles. The quantitative estimate of drug-likeness (QED) is 0.570. The van der Waals surface area contributed by atoms with Crippen molar-refractivity contribution in [2.45, 2.75) is 44.7 Å². The van der Waals surface area contributed by atoms with E-state index in [9.17, 15) is 9.59 Å². The van der Waals surface area contributed by atoms with Gasteiger partial charge in [0.2, 0.25) is 5.91 Å². The van der Waals surface area contributed by atoms with Gasteiger partial charge in [-0.1, -0.05) is 48.0 Å². The molecule has 0 radical (unpaired) electrons.